The van der Waals surface area contributed by atoms with Gasteiger partial charge in [0.05, 0.1) is 31.2 Å². The lowest BCUT2D eigenvalue weighted by atomic mass is 10.1. The van der Waals surface area contributed by atoms with Crippen molar-refractivity contribution in [1.82, 2.24) is 4.98 Å². The molecule has 0 radical (unpaired) electrons. The summed E-state index contributed by atoms with van der Waals surface area (Å²) in [6.45, 7) is 2.36. The van der Waals surface area contributed by atoms with Crippen molar-refractivity contribution in [1.29, 1.82) is 0 Å². The molecule has 2 rings (SSSR count). The molecular weight excluding hydrogens is 234 g/mol. The van der Waals surface area contributed by atoms with Crippen LogP contribution in [0.25, 0.3) is 0 Å². The molecule has 1 atom stereocenters. The summed E-state index contributed by atoms with van der Waals surface area (Å²) in [5.74, 6) is 0.657. The highest BCUT2D eigenvalue weighted by Crippen LogP contribution is 2.17. The lowest BCUT2D eigenvalue weighted by Gasteiger charge is -2.11. The van der Waals surface area contributed by atoms with Crippen LogP contribution in [0.1, 0.15) is 16.8 Å². The van der Waals surface area contributed by atoms with Gasteiger partial charge in [-0.2, -0.15) is 0 Å². The Morgan fingerprint density at radius 1 is 1.72 bits per heavy atom. The largest absolute Gasteiger partial charge is 0.465 e. The van der Waals surface area contributed by atoms with E-state index in [0.717, 1.165) is 26.2 Å². The zero-order valence-corrected chi connectivity index (χ0v) is 10.3. The van der Waals surface area contributed by atoms with E-state index in [1.165, 1.54) is 13.3 Å². The molecule has 0 aliphatic carbocycles. The Kier molecular flexibility index (Phi) is 3.99. The van der Waals surface area contributed by atoms with E-state index in [9.17, 15) is 4.79 Å². The molecule has 6 nitrogen and oxygen atoms in total. The Labute approximate surface area is 105 Å². The standard InChI is InChI=1S/C12H17N3O3/c1-17-12(16)9-4-11(15-6-10(9)13)14-5-8-2-3-18-7-8/h4,6,8H,2-3,5,7,13H2,1H3,(H,14,15). The highest BCUT2D eigenvalue weighted by atomic mass is 16.5. The second-order valence-electron chi connectivity index (χ2n) is 4.26. The van der Waals surface area contributed by atoms with E-state index in [-0.39, 0.29) is 0 Å². The fourth-order valence-electron chi connectivity index (χ4n) is 1.84. The molecule has 1 aliphatic heterocycles. The molecule has 3 N–H and O–H groups in total. The first kappa shape index (κ1) is 12.6. The van der Waals surface area contributed by atoms with Crippen LogP contribution in [0.4, 0.5) is 11.5 Å². The maximum atomic E-state index is 11.5. The molecule has 1 fully saturated rings. The predicted molar refractivity (Wildman–Crippen MR) is 67.4 cm³/mol. The number of esters is 1. The van der Waals surface area contributed by atoms with Crippen molar-refractivity contribution in [2.24, 2.45) is 5.92 Å². The van der Waals surface area contributed by atoms with Gasteiger partial charge in [-0.25, -0.2) is 9.78 Å². The smallest absolute Gasteiger partial charge is 0.340 e. The molecule has 18 heavy (non-hydrogen) atoms. The van der Waals surface area contributed by atoms with Crippen molar-refractivity contribution in [3.63, 3.8) is 0 Å². The summed E-state index contributed by atoms with van der Waals surface area (Å²) in [6, 6.07) is 1.61. The first-order valence-corrected chi connectivity index (χ1v) is 5.86. The van der Waals surface area contributed by atoms with Gasteiger partial charge < -0.3 is 20.5 Å². The molecule has 1 aromatic heterocycles. The van der Waals surface area contributed by atoms with Gasteiger partial charge in [0.1, 0.15) is 5.82 Å². The van der Waals surface area contributed by atoms with Crippen LogP contribution in [0, 0.1) is 5.92 Å². The number of nitrogen functional groups attached to an aromatic ring is 1. The fraction of sp³-hybridized carbons (Fsp3) is 0.500. The Balaban J connectivity index is 2.02. The highest BCUT2D eigenvalue weighted by Gasteiger charge is 2.16. The van der Waals surface area contributed by atoms with Crippen LogP contribution in [0.2, 0.25) is 0 Å². The monoisotopic (exact) mass is 251 g/mol. The Bertz CT molecular complexity index is 431. The number of pyridine rings is 1. The van der Waals surface area contributed by atoms with Gasteiger partial charge in [-0.05, 0) is 12.5 Å². The molecule has 98 valence electrons. The number of rotatable bonds is 4. The van der Waals surface area contributed by atoms with Gasteiger partial charge in [-0.3, -0.25) is 0 Å². The third kappa shape index (κ3) is 2.89. The first-order valence-electron chi connectivity index (χ1n) is 5.86. The van der Waals surface area contributed by atoms with Crippen molar-refractivity contribution in [3.05, 3.63) is 17.8 Å². The average Bonchev–Trinajstić information content (AvgIpc) is 2.90. The van der Waals surface area contributed by atoms with Crippen LogP contribution in [0.5, 0.6) is 0 Å². The third-order valence-corrected chi connectivity index (χ3v) is 2.94. The third-order valence-electron chi connectivity index (χ3n) is 2.94. The van der Waals surface area contributed by atoms with Gasteiger partial charge in [0.15, 0.2) is 0 Å². The summed E-state index contributed by atoms with van der Waals surface area (Å²) in [5.41, 5.74) is 6.32. The summed E-state index contributed by atoms with van der Waals surface area (Å²) in [7, 11) is 1.32. The molecule has 1 aromatic rings. The normalized spacial score (nSPS) is 18.6. The van der Waals surface area contributed by atoms with Crippen LogP contribution in [-0.4, -0.2) is 37.8 Å². The zero-order valence-electron chi connectivity index (χ0n) is 10.3. The van der Waals surface area contributed by atoms with Gasteiger partial charge in [0, 0.05) is 19.1 Å². The van der Waals surface area contributed by atoms with Crippen molar-refractivity contribution < 1.29 is 14.3 Å². The number of hydrogen-bond donors (Lipinski definition) is 2. The molecule has 2 heterocycles. The molecule has 1 aliphatic rings. The molecule has 0 aromatic carbocycles. The first-order chi connectivity index (χ1) is 8.70. The summed E-state index contributed by atoms with van der Waals surface area (Å²) in [4.78, 5) is 15.6. The number of nitrogens with one attached hydrogen (secondary N) is 1. The minimum atomic E-state index is -0.456. The summed E-state index contributed by atoms with van der Waals surface area (Å²) in [5, 5.41) is 3.18. The van der Waals surface area contributed by atoms with E-state index < -0.39 is 5.97 Å². The quantitative estimate of drug-likeness (QED) is 0.773. The number of carbonyl (C=O) groups is 1. The van der Waals surface area contributed by atoms with Crippen LogP contribution in [-0.2, 0) is 9.47 Å². The number of carbonyl (C=O) groups excluding carboxylic acids is 1. The lowest BCUT2D eigenvalue weighted by molar-refractivity contribution is 0.0602. The number of aromatic nitrogens is 1. The molecular formula is C12H17N3O3. The Morgan fingerprint density at radius 2 is 2.56 bits per heavy atom. The summed E-state index contributed by atoms with van der Waals surface area (Å²) in [6.07, 6.45) is 2.51. The van der Waals surface area contributed by atoms with Crippen molar-refractivity contribution >= 4 is 17.5 Å². The van der Waals surface area contributed by atoms with Gasteiger partial charge >= 0.3 is 5.97 Å². The molecule has 0 bridgehead atoms. The van der Waals surface area contributed by atoms with Crippen molar-refractivity contribution in [2.45, 2.75) is 6.42 Å². The molecule has 0 amide bonds. The van der Waals surface area contributed by atoms with E-state index in [0.29, 0.717) is 23.0 Å². The summed E-state index contributed by atoms with van der Waals surface area (Å²) < 4.78 is 9.94. The number of nitrogens with zero attached hydrogens (tertiary/aromatic N) is 1. The van der Waals surface area contributed by atoms with E-state index in [2.05, 4.69) is 15.0 Å². The maximum absolute atomic E-state index is 11.5. The molecule has 6 heteroatoms. The molecule has 1 unspecified atom stereocenters. The van der Waals surface area contributed by atoms with E-state index in [1.807, 2.05) is 0 Å². The molecule has 1 saturated heterocycles. The van der Waals surface area contributed by atoms with Gasteiger partial charge in [-0.15, -0.1) is 0 Å². The number of ether oxygens (including phenoxy) is 2. The molecule has 0 saturated carbocycles. The fourth-order valence-corrected chi connectivity index (χ4v) is 1.84. The van der Waals surface area contributed by atoms with E-state index in [4.69, 9.17) is 10.5 Å². The Morgan fingerprint density at radius 3 is 3.22 bits per heavy atom. The Hall–Kier alpha value is -1.82. The number of nitrogens with two attached hydrogens (primary N) is 1. The van der Waals surface area contributed by atoms with Gasteiger partial charge in [0.2, 0.25) is 0 Å². The van der Waals surface area contributed by atoms with E-state index >= 15 is 0 Å². The van der Waals surface area contributed by atoms with E-state index in [1.54, 1.807) is 6.07 Å². The van der Waals surface area contributed by atoms with Crippen molar-refractivity contribution in [2.75, 3.05) is 37.9 Å². The zero-order chi connectivity index (χ0) is 13.0. The lowest BCUT2D eigenvalue weighted by Crippen LogP contribution is -2.15. The number of hydrogen-bond acceptors (Lipinski definition) is 6. The minimum Gasteiger partial charge on any atom is -0.465 e. The second-order valence-corrected chi connectivity index (χ2v) is 4.26. The van der Waals surface area contributed by atoms with Crippen LogP contribution in [0.15, 0.2) is 12.3 Å². The molecule has 0 spiro atoms. The maximum Gasteiger partial charge on any atom is 0.340 e. The predicted octanol–water partition coefficient (Wildman–Crippen LogP) is 0.899. The van der Waals surface area contributed by atoms with Crippen LogP contribution >= 0.6 is 0 Å². The van der Waals surface area contributed by atoms with Gasteiger partial charge in [0.25, 0.3) is 0 Å². The average molecular weight is 251 g/mol. The highest BCUT2D eigenvalue weighted by molar-refractivity contribution is 5.95. The van der Waals surface area contributed by atoms with Gasteiger partial charge in [-0.1, -0.05) is 0 Å². The summed E-state index contributed by atoms with van der Waals surface area (Å²) >= 11 is 0. The number of anilines is 2. The number of methoxy groups -OCH3 is 1. The van der Waals surface area contributed by atoms with Crippen LogP contribution in [0.3, 0.4) is 0 Å². The van der Waals surface area contributed by atoms with Crippen LogP contribution < -0.4 is 11.1 Å². The second kappa shape index (κ2) is 5.68. The minimum absolute atomic E-state index is 0.316. The SMILES string of the molecule is COC(=O)c1cc(NCC2CCOC2)ncc1N. The topological polar surface area (TPSA) is 86.5 Å². The van der Waals surface area contributed by atoms with Crippen molar-refractivity contribution in [3.8, 4) is 0 Å².